The van der Waals surface area contributed by atoms with Crippen LogP contribution in [0.1, 0.15) is 54.3 Å². The second-order valence-electron chi connectivity index (χ2n) is 14.7. The number of hydrogen-bond acceptors (Lipinski definition) is 12. The molecule has 3 amide bonds. The van der Waals surface area contributed by atoms with Gasteiger partial charge in [-0.15, -0.1) is 10.2 Å². The SMILES string of the molecule is O=C1CCC(N2C(=O)c3ccc(N4CCC(N5CCC(N6CCN7c8cc(-c9ccccc9O)nnc8NC[C@H]7C6)CC5)C4)cc3C2O)C(=O)N1. The Morgan fingerprint density at radius 1 is 0.784 bits per heavy atom. The van der Waals surface area contributed by atoms with E-state index in [9.17, 15) is 24.6 Å². The number of fused-ring (bicyclic) bond motifs is 4. The summed E-state index contributed by atoms with van der Waals surface area (Å²) < 4.78 is 0. The van der Waals surface area contributed by atoms with E-state index < -0.39 is 18.2 Å². The van der Waals surface area contributed by atoms with Crippen LogP contribution in [0.3, 0.4) is 0 Å². The van der Waals surface area contributed by atoms with Gasteiger partial charge in [-0.1, -0.05) is 12.1 Å². The van der Waals surface area contributed by atoms with Gasteiger partial charge in [0.05, 0.1) is 17.4 Å². The summed E-state index contributed by atoms with van der Waals surface area (Å²) in [6.07, 6.45) is 2.47. The maximum atomic E-state index is 13.2. The number of aliphatic hydroxyl groups excluding tert-OH is 1. The molecule has 4 N–H and O–H groups in total. The number of piperidine rings is 2. The van der Waals surface area contributed by atoms with E-state index in [0.29, 0.717) is 40.5 Å². The fraction of sp³-hybridized carbons (Fsp3) is 0.486. The Balaban J connectivity index is 0.798. The highest BCUT2D eigenvalue weighted by atomic mass is 16.3. The fourth-order valence-electron chi connectivity index (χ4n) is 9.17. The summed E-state index contributed by atoms with van der Waals surface area (Å²) in [6, 6.07) is 15.4. The molecule has 0 radical (unpaired) electrons. The highest BCUT2D eigenvalue weighted by Gasteiger charge is 2.45. The minimum absolute atomic E-state index is 0.143. The van der Waals surface area contributed by atoms with Gasteiger partial charge in [-0.2, -0.15) is 0 Å². The molecule has 2 aromatic carbocycles. The van der Waals surface area contributed by atoms with Crippen LogP contribution in [0.25, 0.3) is 11.3 Å². The summed E-state index contributed by atoms with van der Waals surface area (Å²) in [6.45, 7) is 7.67. The zero-order valence-electron chi connectivity index (χ0n) is 28.4. The topological polar surface area (TPSA) is 158 Å². The number of aliphatic hydroxyl groups is 1. The van der Waals surface area contributed by atoms with E-state index in [1.165, 1.54) is 4.90 Å². The monoisotopic (exact) mass is 693 g/mol. The van der Waals surface area contributed by atoms with Crippen molar-refractivity contribution in [2.75, 3.05) is 67.5 Å². The van der Waals surface area contributed by atoms with Crippen molar-refractivity contribution in [3.8, 4) is 17.0 Å². The van der Waals surface area contributed by atoms with Crippen LogP contribution < -0.4 is 20.4 Å². The molecular weight excluding hydrogens is 650 g/mol. The highest BCUT2D eigenvalue weighted by molar-refractivity contribution is 6.06. The average molecular weight is 694 g/mol. The van der Waals surface area contributed by atoms with Crippen molar-refractivity contribution in [3.63, 3.8) is 0 Å². The first kappa shape index (κ1) is 32.1. The minimum atomic E-state index is -1.22. The van der Waals surface area contributed by atoms with Gasteiger partial charge in [0.25, 0.3) is 5.91 Å². The van der Waals surface area contributed by atoms with Gasteiger partial charge in [-0.05, 0) is 75.2 Å². The summed E-state index contributed by atoms with van der Waals surface area (Å²) in [7, 11) is 0. The predicted octanol–water partition coefficient (Wildman–Crippen LogP) is 1.76. The number of likely N-dealkylation sites (tertiary alicyclic amines) is 1. The Hall–Kier alpha value is -4.79. The average Bonchev–Trinajstić information content (AvgIpc) is 3.74. The first-order chi connectivity index (χ1) is 24.8. The van der Waals surface area contributed by atoms with E-state index in [-0.39, 0.29) is 30.4 Å². The molecule has 0 bridgehead atoms. The number of imide groups is 1. The number of carbonyl (C=O) groups excluding carboxylic acids is 3. The van der Waals surface area contributed by atoms with Gasteiger partial charge in [0.2, 0.25) is 11.8 Å². The number of nitrogens with one attached hydrogen (secondary N) is 2. The standard InChI is InChI=1S/C37H43N9O5/c47-32-4-2-1-3-27(32)29-18-31-34(41-40-29)38-19-25-21-44(15-16-45(25)31)22-9-12-42(13-10-22)24-11-14-43(20-24)23-5-6-26-28(17-23)37(51)46(36(26)50)30-7-8-33(48)39-35(30)49/h1-6,17-18,22,24-25,30,37,47,51H,7-16,19-21H2,(H,38,41)(H,39,48,49)/t24?,25-,30?,37?/m0/s1. The molecule has 9 rings (SSSR count). The van der Waals surface area contributed by atoms with Crippen LogP contribution in [-0.2, 0) is 9.59 Å². The molecule has 0 aliphatic carbocycles. The highest BCUT2D eigenvalue weighted by Crippen LogP contribution is 2.39. The van der Waals surface area contributed by atoms with Crippen molar-refractivity contribution >= 4 is 34.9 Å². The van der Waals surface area contributed by atoms with Crippen LogP contribution in [0.15, 0.2) is 48.5 Å². The lowest BCUT2D eigenvalue weighted by Crippen LogP contribution is -2.61. The van der Waals surface area contributed by atoms with Crippen LogP contribution >= 0.6 is 0 Å². The largest absolute Gasteiger partial charge is 0.507 e. The molecule has 4 fully saturated rings. The molecule has 6 aliphatic heterocycles. The van der Waals surface area contributed by atoms with Gasteiger partial charge in [-0.25, -0.2) is 0 Å². The van der Waals surface area contributed by atoms with Crippen molar-refractivity contribution in [2.45, 2.75) is 62.5 Å². The van der Waals surface area contributed by atoms with Crippen molar-refractivity contribution in [3.05, 3.63) is 59.7 Å². The summed E-state index contributed by atoms with van der Waals surface area (Å²) in [5.74, 6) is -0.258. The zero-order chi connectivity index (χ0) is 34.8. The number of para-hydroxylation sites is 1. The van der Waals surface area contributed by atoms with Gasteiger partial charge < -0.3 is 25.3 Å². The van der Waals surface area contributed by atoms with Crippen molar-refractivity contribution in [1.29, 1.82) is 0 Å². The molecule has 7 heterocycles. The minimum Gasteiger partial charge on any atom is -0.507 e. The summed E-state index contributed by atoms with van der Waals surface area (Å²) >= 11 is 0. The first-order valence-electron chi connectivity index (χ1n) is 18.2. The maximum absolute atomic E-state index is 13.2. The first-order valence-corrected chi connectivity index (χ1v) is 18.2. The van der Waals surface area contributed by atoms with E-state index in [0.717, 1.165) is 88.8 Å². The number of benzene rings is 2. The van der Waals surface area contributed by atoms with E-state index in [4.69, 9.17) is 0 Å². The molecule has 14 nitrogen and oxygen atoms in total. The second-order valence-corrected chi connectivity index (χ2v) is 14.7. The Morgan fingerprint density at radius 3 is 2.43 bits per heavy atom. The smallest absolute Gasteiger partial charge is 0.257 e. The third kappa shape index (κ3) is 5.65. The lowest BCUT2D eigenvalue weighted by molar-refractivity contribution is -0.139. The number of phenolic OH excluding ortho intramolecular Hbond substituents is 1. The third-order valence-electron chi connectivity index (χ3n) is 11.9. The number of carbonyl (C=O) groups is 3. The van der Waals surface area contributed by atoms with Crippen LogP contribution in [-0.4, -0.2) is 129 Å². The number of anilines is 3. The van der Waals surface area contributed by atoms with Crippen LogP contribution in [0, 0.1) is 0 Å². The quantitative estimate of drug-likeness (QED) is 0.288. The number of aromatic nitrogens is 2. The summed E-state index contributed by atoms with van der Waals surface area (Å²) in [4.78, 5) is 48.7. The molecule has 3 unspecified atom stereocenters. The maximum Gasteiger partial charge on any atom is 0.257 e. The van der Waals surface area contributed by atoms with Gasteiger partial charge in [0.15, 0.2) is 12.0 Å². The molecule has 266 valence electrons. The number of phenols is 1. The molecule has 51 heavy (non-hydrogen) atoms. The number of aromatic hydroxyl groups is 1. The molecule has 4 saturated heterocycles. The Kier molecular flexibility index (Phi) is 8.04. The lowest BCUT2D eigenvalue weighted by atomic mass is 9.98. The molecular formula is C37H43N9O5. The van der Waals surface area contributed by atoms with Crippen LogP contribution in [0.4, 0.5) is 17.2 Å². The van der Waals surface area contributed by atoms with E-state index >= 15 is 0 Å². The molecule has 0 saturated carbocycles. The molecule has 14 heteroatoms. The lowest BCUT2D eigenvalue weighted by Gasteiger charge is -2.49. The molecule has 3 aromatic rings. The van der Waals surface area contributed by atoms with E-state index in [2.05, 4.69) is 46.5 Å². The molecule has 0 spiro atoms. The number of hydrogen-bond donors (Lipinski definition) is 4. The van der Waals surface area contributed by atoms with E-state index in [1.807, 2.05) is 30.3 Å². The van der Waals surface area contributed by atoms with Gasteiger partial charge in [-0.3, -0.25) is 34.4 Å². The van der Waals surface area contributed by atoms with Crippen molar-refractivity contribution in [1.82, 2.24) is 30.2 Å². The Labute approximate surface area is 296 Å². The Morgan fingerprint density at radius 2 is 1.61 bits per heavy atom. The Bertz CT molecular complexity index is 1880. The number of nitrogens with zero attached hydrogens (tertiary/aromatic N) is 7. The third-order valence-corrected chi connectivity index (χ3v) is 11.9. The predicted molar refractivity (Wildman–Crippen MR) is 189 cm³/mol. The zero-order valence-corrected chi connectivity index (χ0v) is 28.4. The van der Waals surface area contributed by atoms with Crippen LogP contribution in [0.5, 0.6) is 5.75 Å². The molecule has 1 aromatic heterocycles. The van der Waals surface area contributed by atoms with Gasteiger partial charge in [0, 0.05) is 80.2 Å². The van der Waals surface area contributed by atoms with Crippen molar-refractivity contribution < 1.29 is 24.6 Å². The number of rotatable bonds is 5. The van der Waals surface area contributed by atoms with Crippen LogP contribution in [0.2, 0.25) is 0 Å². The molecule has 4 atom stereocenters. The number of amides is 3. The van der Waals surface area contributed by atoms with Gasteiger partial charge in [0.1, 0.15) is 11.8 Å². The van der Waals surface area contributed by atoms with Gasteiger partial charge >= 0.3 is 0 Å². The number of piperazine rings is 1. The summed E-state index contributed by atoms with van der Waals surface area (Å²) in [5, 5.41) is 36.2. The summed E-state index contributed by atoms with van der Waals surface area (Å²) in [5.41, 5.74) is 4.32. The normalized spacial score (nSPS) is 27.2. The van der Waals surface area contributed by atoms with E-state index in [1.54, 1.807) is 12.1 Å². The fourth-order valence-corrected chi connectivity index (χ4v) is 9.17. The van der Waals surface area contributed by atoms with Crippen molar-refractivity contribution in [2.24, 2.45) is 0 Å². The molecule has 6 aliphatic rings. The second kappa shape index (κ2) is 12.8.